The molecule has 4 nitrogen and oxygen atoms in total. The fraction of sp³-hybridized carbons (Fsp3) is 0.524. The number of rotatable bonds is 7. The van der Waals surface area contributed by atoms with E-state index in [1.54, 1.807) is 0 Å². The first-order valence-electron chi connectivity index (χ1n) is 9.33. The second kappa shape index (κ2) is 8.32. The van der Waals surface area contributed by atoms with E-state index in [-0.39, 0.29) is 17.2 Å². The van der Waals surface area contributed by atoms with Gasteiger partial charge in [0.15, 0.2) is 0 Å². The van der Waals surface area contributed by atoms with E-state index in [4.69, 9.17) is 5.10 Å². The lowest BCUT2D eigenvalue weighted by Gasteiger charge is -2.15. The average Bonchev–Trinajstić information content (AvgIpc) is 3.00. The third-order valence-electron chi connectivity index (χ3n) is 4.50. The fourth-order valence-electron chi connectivity index (χ4n) is 2.80. The van der Waals surface area contributed by atoms with Crippen LogP contribution in [0.2, 0.25) is 0 Å². The maximum atomic E-state index is 12.7. The highest BCUT2D eigenvalue weighted by Crippen LogP contribution is 2.27. The van der Waals surface area contributed by atoms with Gasteiger partial charge in [0, 0.05) is 17.4 Å². The van der Waals surface area contributed by atoms with Gasteiger partial charge >= 0.3 is 0 Å². The summed E-state index contributed by atoms with van der Waals surface area (Å²) in [5.74, 6) is 0.890. The predicted molar refractivity (Wildman–Crippen MR) is 104 cm³/mol. The summed E-state index contributed by atoms with van der Waals surface area (Å²) < 4.78 is 1.84. The molecule has 1 aromatic heterocycles. The number of hydrogen-bond donors (Lipinski definition) is 1. The first-order chi connectivity index (χ1) is 11.9. The molecular formula is C21H31N3O. The number of para-hydroxylation sites is 1. The molecule has 4 heteroatoms. The minimum atomic E-state index is -0.0775. The molecule has 0 saturated carbocycles. The Balaban J connectivity index is 2.32. The van der Waals surface area contributed by atoms with Crippen LogP contribution in [0.25, 0.3) is 5.69 Å². The van der Waals surface area contributed by atoms with Gasteiger partial charge in [-0.2, -0.15) is 5.10 Å². The van der Waals surface area contributed by atoms with Crippen molar-refractivity contribution in [3.8, 4) is 5.69 Å². The molecule has 25 heavy (non-hydrogen) atoms. The Morgan fingerprint density at radius 1 is 1.20 bits per heavy atom. The molecule has 1 amide bonds. The van der Waals surface area contributed by atoms with Crippen LogP contribution in [0.15, 0.2) is 36.4 Å². The molecule has 1 atom stereocenters. The normalized spacial score (nSPS) is 12.8. The number of benzene rings is 1. The summed E-state index contributed by atoms with van der Waals surface area (Å²) in [4.78, 5) is 12.7. The smallest absolute Gasteiger partial charge is 0.228 e. The zero-order chi connectivity index (χ0) is 18.4. The van der Waals surface area contributed by atoms with Crippen LogP contribution in [0, 0.1) is 5.92 Å². The lowest BCUT2D eigenvalue weighted by atomic mass is 9.92. The van der Waals surface area contributed by atoms with Crippen molar-refractivity contribution in [3.63, 3.8) is 0 Å². The summed E-state index contributed by atoms with van der Waals surface area (Å²) in [6.07, 6.45) is 3.99. The van der Waals surface area contributed by atoms with Gasteiger partial charge in [-0.15, -0.1) is 0 Å². The highest BCUT2D eigenvalue weighted by atomic mass is 16.2. The third-order valence-corrected chi connectivity index (χ3v) is 4.50. The Morgan fingerprint density at radius 2 is 1.88 bits per heavy atom. The minimum Gasteiger partial charge on any atom is -0.310 e. The van der Waals surface area contributed by atoms with Gasteiger partial charge < -0.3 is 5.32 Å². The molecule has 0 spiro atoms. The van der Waals surface area contributed by atoms with E-state index < -0.39 is 0 Å². The lowest BCUT2D eigenvalue weighted by molar-refractivity contribution is -0.120. The molecule has 136 valence electrons. The summed E-state index contributed by atoms with van der Waals surface area (Å²) in [6, 6.07) is 11.9. The van der Waals surface area contributed by atoms with Crippen molar-refractivity contribution in [1.29, 1.82) is 0 Å². The zero-order valence-corrected chi connectivity index (χ0v) is 16.2. The molecule has 1 heterocycles. The largest absolute Gasteiger partial charge is 0.310 e. The summed E-state index contributed by atoms with van der Waals surface area (Å²) in [5, 5.41) is 7.88. The molecule has 0 aliphatic heterocycles. The lowest BCUT2D eigenvalue weighted by Crippen LogP contribution is -2.23. The molecule has 2 rings (SSSR count). The van der Waals surface area contributed by atoms with E-state index in [0.29, 0.717) is 0 Å². The molecule has 0 aliphatic carbocycles. The van der Waals surface area contributed by atoms with Crippen LogP contribution < -0.4 is 5.32 Å². The number of carbonyl (C=O) groups excluding carboxylic acids is 1. The van der Waals surface area contributed by atoms with Crippen LogP contribution in [0.3, 0.4) is 0 Å². The Hall–Kier alpha value is -2.10. The monoisotopic (exact) mass is 341 g/mol. The molecule has 0 fully saturated rings. The summed E-state index contributed by atoms with van der Waals surface area (Å²) in [6.45, 7) is 10.6. The number of hydrogen-bond acceptors (Lipinski definition) is 2. The van der Waals surface area contributed by atoms with Gasteiger partial charge in [0.05, 0.1) is 11.4 Å². The Morgan fingerprint density at radius 3 is 2.44 bits per heavy atom. The van der Waals surface area contributed by atoms with Gasteiger partial charge in [-0.1, -0.05) is 65.7 Å². The third kappa shape index (κ3) is 4.94. The van der Waals surface area contributed by atoms with E-state index in [1.165, 1.54) is 0 Å². The van der Waals surface area contributed by atoms with Gasteiger partial charge in [0.1, 0.15) is 5.82 Å². The maximum Gasteiger partial charge on any atom is 0.228 e. The summed E-state index contributed by atoms with van der Waals surface area (Å²) in [7, 11) is 0. The van der Waals surface area contributed by atoms with Gasteiger partial charge in [0.2, 0.25) is 5.91 Å². The quantitative estimate of drug-likeness (QED) is 0.740. The van der Waals surface area contributed by atoms with E-state index in [2.05, 4.69) is 39.9 Å². The molecular weight excluding hydrogens is 310 g/mol. The predicted octanol–water partition coefficient (Wildman–Crippen LogP) is 5.32. The Labute approximate surface area is 151 Å². The molecule has 1 aromatic carbocycles. The van der Waals surface area contributed by atoms with Crippen LogP contribution in [-0.2, 0) is 10.2 Å². The minimum absolute atomic E-state index is 0.0529. The van der Waals surface area contributed by atoms with Crippen molar-refractivity contribution in [1.82, 2.24) is 9.78 Å². The van der Waals surface area contributed by atoms with E-state index in [1.807, 2.05) is 41.1 Å². The molecule has 2 aromatic rings. The van der Waals surface area contributed by atoms with Crippen molar-refractivity contribution in [2.24, 2.45) is 5.92 Å². The molecule has 0 bridgehead atoms. The average molecular weight is 341 g/mol. The van der Waals surface area contributed by atoms with Gasteiger partial charge in [-0.05, 0) is 25.0 Å². The Bertz CT molecular complexity index is 683. The Kier molecular flexibility index (Phi) is 6.40. The SMILES string of the molecule is CCCCC(CC)C(=O)Nc1cc(C(C)(C)C)nn1-c1ccccc1. The molecule has 1 unspecified atom stereocenters. The number of nitrogens with one attached hydrogen (secondary N) is 1. The van der Waals surface area contributed by atoms with E-state index in [0.717, 1.165) is 42.9 Å². The highest BCUT2D eigenvalue weighted by Gasteiger charge is 2.23. The van der Waals surface area contributed by atoms with Crippen molar-refractivity contribution in [2.45, 2.75) is 65.7 Å². The number of carbonyl (C=O) groups is 1. The van der Waals surface area contributed by atoms with Gasteiger partial charge in [-0.3, -0.25) is 4.79 Å². The van der Waals surface area contributed by atoms with E-state index >= 15 is 0 Å². The van der Waals surface area contributed by atoms with Crippen LogP contribution in [0.1, 0.15) is 66.0 Å². The fourth-order valence-corrected chi connectivity index (χ4v) is 2.80. The standard InChI is InChI=1S/C21H31N3O/c1-6-8-12-16(7-2)20(25)22-19-15-18(21(3,4)5)23-24(19)17-13-10-9-11-14-17/h9-11,13-16H,6-8,12H2,1-5H3,(H,22,25). The molecule has 0 radical (unpaired) electrons. The van der Waals surface area contributed by atoms with Crippen molar-refractivity contribution < 1.29 is 4.79 Å². The molecule has 0 aliphatic rings. The van der Waals surface area contributed by atoms with Crippen LogP contribution in [0.5, 0.6) is 0 Å². The number of aromatic nitrogens is 2. The van der Waals surface area contributed by atoms with Gasteiger partial charge in [-0.25, -0.2) is 4.68 Å². The van der Waals surface area contributed by atoms with Crippen LogP contribution in [-0.4, -0.2) is 15.7 Å². The summed E-state index contributed by atoms with van der Waals surface area (Å²) in [5.41, 5.74) is 1.84. The number of amides is 1. The number of anilines is 1. The second-order valence-corrected chi connectivity index (χ2v) is 7.65. The number of unbranched alkanes of at least 4 members (excludes halogenated alkanes) is 1. The van der Waals surface area contributed by atoms with Crippen molar-refractivity contribution >= 4 is 11.7 Å². The molecule has 0 saturated heterocycles. The van der Waals surface area contributed by atoms with Crippen LogP contribution >= 0.6 is 0 Å². The highest BCUT2D eigenvalue weighted by molar-refractivity contribution is 5.92. The van der Waals surface area contributed by atoms with E-state index in [9.17, 15) is 4.79 Å². The van der Waals surface area contributed by atoms with Crippen molar-refractivity contribution in [2.75, 3.05) is 5.32 Å². The van der Waals surface area contributed by atoms with Crippen molar-refractivity contribution in [3.05, 3.63) is 42.1 Å². The summed E-state index contributed by atoms with van der Waals surface area (Å²) >= 11 is 0. The topological polar surface area (TPSA) is 46.9 Å². The zero-order valence-electron chi connectivity index (χ0n) is 16.2. The second-order valence-electron chi connectivity index (χ2n) is 7.65. The molecule has 1 N–H and O–H groups in total. The first-order valence-corrected chi connectivity index (χ1v) is 9.33. The van der Waals surface area contributed by atoms with Gasteiger partial charge in [0.25, 0.3) is 0 Å². The van der Waals surface area contributed by atoms with Crippen LogP contribution in [0.4, 0.5) is 5.82 Å². The first kappa shape index (κ1) is 19.2. The maximum absolute atomic E-state index is 12.7. The number of nitrogens with zero attached hydrogens (tertiary/aromatic N) is 2.